The summed E-state index contributed by atoms with van der Waals surface area (Å²) in [6, 6.07) is 10.7. The number of pyridine rings is 2. The second kappa shape index (κ2) is 9.26. The Hall–Kier alpha value is -3.75. The molecule has 3 aromatic rings. The van der Waals surface area contributed by atoms with Gasteiger partial charge in [-0.15, -0.1) is 0 Å². The highest BCUT2D eigenvalue weighted by atomic mass is 16.5. The molecule has 9 nitrogen and oxygen atoms in total. The third kappa shape index (κ3) is 4.50. The number of hydrogen-bond acceptors (Lipinski definition) is 6. The summed E-state index contributed by atoms with van der Waals surface area (Å²) < 4.78 is 6.71. The summed E-state index contributed by atoms with van der Waals surface area (Å²) in [7, 11) is 1.54. The summed E-state index contributed by atoms with van der Waals surface area (Å²) in [6.07, 6.45) is 4.55. The van der Waals surface area contributed by atoms with E-state index in [0.717, 1.165) is 0 Å². The van der Waals surface area contributed by atoms with Crippen molar-refractivity contribution in [1.29, 1.82) is 0 Å². The van der Waals surface area contributed by atoms with Gasteiger partial charge in [0.05, 0.1) is 30.4 Å². The maximum atomic E-state index is 12.5. The molecule has 0 aliphatic carbocycles. The molecule has 28 heavy (non-hydrogen) atoms. The number of hydrogen-bond donors (Lipinski definition) is 2. The quantitative estimate of drug-likeness (QED) is 0.426. The summed E-state index contributed by atoms with van der Waals surface area (Å²) in [5, 5.41) is 9.78. The molecule has 3 aromatic heterocycles. The van der Waals surface area contributed by atoms with Crippen molar-refractivity contribution in [3.05, 3.63) is 54.5 Å². The molecule has 0 unspecified atom stereocenters. The van der Waals surface area contributed by atoms with Gasteiger partial charge in [0.25, 0.3) is 5.91 Å². The minimum absolute atomic E-state index is 0.264. The second-order valence-corrected chi connectivity index (χ2v) is 5.78. The lowest BCUT2D eigenvalue weighted by Crippen LogP contribution is -2.27. The SMILES string of the molecule is COc1ccc(-n2nc(C(=O)NCCCNC=O)cc2-c2ccccn2)cn1. The molecule has 0 aliphatic heterocycles. The van der Waals surface area contributed by atoms with E-state index in [1.54, 1.807) is 42.4 Å². The van der Waals surface area contributed by atoms with Gasteiger partial charge in [-0.05, 0) is 30.7 Å². The second-order valence-electron chi connectivity index (χ2n) is 5.78. The lowest BCUT2D eigenvalue weighted by Gasteiger charge is -2.07. The molecule has 0 aliphatic rings. The predicted octanol–water partition coefficient (Wildman–Crippen LogP) is 1.20. The van der Waals surface area contributed by atoms with Crippen LogP contribution in [0.4, 0.5) is 0 Å². The standard InChI is InChI=1S/C19H20N6O3/c1-28-18-7-6-14(12-23-18)25-17(15-5-2-3-9-21-15)11-16(24-25)19(27)22-10-4-8-20-13-26/h2-3,5-7,9,11-13H,4,8,10H2,1H3,(H,20,26)(H,22,27). The molecule has 0 saturated carbocycles. The van der Waals surface area contributed by atoms with Crippen LogP contribution in [0.1, 0.15) is 16.9 Å². The molecule has 0 fully saturated rings. The van der Waals surface area contributed by atoms with Crippen LogP contribution in [-0.2, 0) is 4.79 Å². The Kier molecular flexibility index (Phi) is 6.29. The van der Waals surface area contributed by atoms with Crippen LogP contribution in [-0.4, -0.2) is 52.3 Å². The zero-order chi connectivity index (χ0) is 19.8. The highest BCUT2D eigenvalue weighted by Gasteiger charge is 2.17. The van der Waals surface area contributed by atoms with Gasteiger partial charge in [0, 0.05) is 25.4 Å². The first kappa shape index (κ1) is 19.0. The molecule has 3 heterocycles. The van der Waals surface area contributed by atoms with Gasteiger partial charge < -0.3 is 15.4 Å². The zero-order valence-electron chi connectivity index (χ0n) is 15.3. The Bertz CT molecular complexity index is 925. The molecule has 2 N–H and O–H groups in total. The Morgan fingerprint density at radius 1 is 1.21 bits per heavy atom. The number of amides is 2. The lowest BCUT2D eigenvalue weighted by molar-refractivity contribution is -0.109. The van der Waals surface area contributed by atoms with E-state index in [-0.39, 0.29) is 11.6 Å². The number of ether oxygens (including phenoxy) is 1. The number of methoxy groups -OCH3 is 1. The van der Waals surface area contributed by atoms with Crippen LogP contribution in [0.2, 0.25) is 0 Å². The van der Waals surface area contributed by atoms with Crippen LogP contribution >= 0.6 is 0 Å². The van der Waals surface area contributed by atoms with Crippen molar-refractivity contribution in [3.63, 3.8) is 0 Å². The number of carbonyl (C=O) groups excluding carboxylic acids is 2. The van der Waals surface area contributed by atoms with Crippen LogP contribution in [0.3, 0.4) is 0 Å². The van der Waals surface area contributed by atoms with Crippen LogP contribution in [0.5, 0.6) is 5.88 Å². The van der Waals surface area contributed by atoms with E-state index in [9.17, 15) is 9.59 Å². The molecule has 144 valence electrons. The topological polar surface area (TPSA) is 111 Å². The van der Waals surface area contributed by atoms with Crippen molar-refractivity contribution < 1.29 is 14.3 Å². The summed E-state index contributed by atoms with van der Waals surface area (Å²) in [5.41, 5.74) is 2.29. The Morgan fingerprint density at radius 3 is 2.79 bits per heavy atom. The minimum atomic E-state index is -0.302. The Labute approximate surface area is 161 Å². The van der Waals surface area contributed by atoms with Gasteiger partial charge in [-0.25, -0.2) is 9.67 Å². The molecule has 9 heteroatoms. The smallest absolute Gasteiger partial charge is 0.271 e. The van der Waals surface area contributed by atoms with Crippen molar-refractivity contribution in [2.75, 3.05) is 20.2 Å². The van der Waals surface area contributed by atoms with Crippen LogP contribution in [0.15, 0.2) is 48.8 Å². The summed E-state index contributed by atoms with van der Waals surface area (Å²) >= 11 is 0. The van der Waals surface area contributed by atoms with Crippen molar-refractivity contribution in [2.24, 2.45) is 0 Å². The molecule has 3 rings (SSSR count). The molecular weight excluding hydrogens is 360 g/mol. The van der Waals surface area contributed by atoms with E-state index in [2.05, 4.69) is 25.7 Å². The number of rotatable bonds is 9. The van der Waals surface area contributed by atoms with Crippen LogP contribution in [0.25, 0.3) is 17.1 Å². The van der Waals surface area contributed by atoms with E-state index in [0.29, 0.717) is 48.9 Å². The molecule has 0 atom stereocenters. The van der Waals surface area contributed by atoms with Gasteiger partial charge in [-0.3, -0.25) is 14.6 Å². The van der Waals surface area contributed by atoms with Crippen LogP contribution in [0, 0.1) is 0 Å². The third-order valence-corrected chi connectivity index (χ3v) is 3.91. The van der Waals surface area contributed by atoms with Crippen molar-refractivity contribution in [2.45, 2.75) is 6.42 Å². The first-order valence-electron chi connectivity index (χ1n) is 8.70. The van der Waals surface area contributed by atoms with Gasteiger partial charge in [-0.2, -0.15) is 5.10 Å². The number of carbonyl (C=O) groups is 2. The van der Waals surface area contributed by atoms with Crippen molar-refractivity contribution >= 4 is 12.3 Å². The fraction of sp³-hybridized carbons (Fsp3) is 0.211. The number of aromatic nitrogens is 4. The third-order valence-electron chi connectivity index (χ3n) is 3.91. The average Bonchev–Trinajstić information content (AvgIpc) is 3.20. The van der Waals surface area contributed by atoms with E-state index < -0.39 is 0 Å². The highest BCUT2D eigenvalue weighted by Crippen LogP contribution is 2.22. The van der Waals surface area contributed by atoms with Gasteiger partial charge in [0.1, 0.15) is 0 Å². The molecular formula is C19H20N6O3. The lowest BCUT2D eigenvalue weighted by atomic mass is 10.2. The fourth-order valence-corrected chi connectivity index (χ4v) is 2.55. The monoisotopic (exact) mass is 380 g/mol. The first-order chi connectivity index (χ1) is 13.7. The van der Waals surface area contributed by atoms with Gasteiger partial charge >= 0.3 is 0 Å². The number of nitrogens with zero attached hydrogens (tertiary/aromatic N) is 4. The fourth-order valence-electron chi connectivity index (χ4n) is 2.55. The summed E-state index contributed by atoms with van der Waals surface area (Å²) in [4.78, 5) is 31.3. The van der Waals surface area contributed by atoms with Crippen molar-refractivity contribution in [3.8, 4) is 23.0 Å². The van der Waals surface area contributed by atoms with Crippen LogP contribution < -0.4 is 15.4 Å². The molecule has 0 saturated heterocycles. The van der Waals surface area contributed by atoms with E-state index in [1.807, 2.05) is 18.2 Å². The summed E-state index contributed by atoms with van der Waals surface area (Å²) in [6.45, 7) is 0.921. The minimum Gasteiger partial charge on any atom is -0.481 e. The number of nitrogens with one attached hydrogen (secondary N) is 2. The normalized spacial score (nSPS) is 10.3. The zero-order valence-corrected chi connectivity index (χ0v) is 15.3. The van der Waals surface area contributed by atoms with E-state index in [4.69, 9.17) is 4.74 Å². The largest absolute Gasteiger partial charge is 0.481 e. The molecule has 0 spiro atoms. The van der Waals surface area contributed by atoms with Crippen molar-refractivity contribution in [1.82, 2.24) is 30.4 Å². The highest BCUT2D eigenvalue weighted by molar-refractivity contribution is 5.93. The van der Waals surface area contributed by atoms with Gasteiger partial charge in [0.2, 0.25) is 12.3 Å². The molecule has 0 aromatic carbocycles. The molecule has 0 radical (unpaired) electrons. The molecule has 0 bridgehead atoms. The predicted molar refractivity (Wildman–Crippen MR) is 102 cm³/mol. The summed E-state index contributed by atoms with van der Waals surface area (Å²) in [5.74, 6) is 0.181. The Morgan fingerprint density at radius 2 is 2.11 bits per heavy atom. The van der Waals surface area contributed by atoms with E-state index >= 15 is 0 Å². The van der Waals surface area contributed by atoms with E-state index in [1.165, 1.54) is 0 Å². The van der Waals surface area contributed by atoms with Gasteiger partial charge in [-0.1, -0.05) is 6.07 Å². The first-order valence-corrected chi connectivity index (χ1v) is 8.70. The van der Waals surface area contributed by atoms with Gasteiger partial charge in [0.15, 0.2) is 5.69 Å². The maximum absolute atomic E-state index is 12.5. The Balaban J connectivity index is 1.87. The average molecular weight is 380 g/mol. The maximum Gasteiger partial charge on any atom is 0.271 e. The molecule has 2 amide bonds.